The Kier molecular flexibility index (Phi) is 17.2. The van der Waals surface area contributed by atoms with Crippen molar-refractivity contribution in [3.05, 3.63) is 108 Å². The van der Waals surface area contributed by atoms with Gasteiger partial charge in [-0.1, -0.05) is 62.7 Å². The number of nitrogens with two attached hydrogens (primary N) is 1. The monoisotopic (exact) mass is 879 g/mol. The molecule has 338 valence electrons. The van der Waals surface area contributed by atoms with Crippen LogP contribution in [0.3, 0.4) is 0 Å². The van der Waals surface area contributed by atoms with E-state index in [-0.39, 0.29) is 74.9 Å². The zero-order valence-electron chi connectivity index (χ0n) is 35.9. The van der Waals surface area contributed by atoms with Crippen LogP contribution < -0.4 is 31.7 Å². The van der Waals surface area contributed by atoms with Crippen molar-refractivity contribution >= 4 is 64.2 Å². The van der Waals surface area contributed by atoms with Crippen LogP contribution in [-0.2, 0) is 46.7 Å². The number of unbranched alkanes of at least 4 members (excludes halogenated alkanes) is 2. The van der Waals surface area contributed by atoms with Gasteiger partial charge in [0.25, 0.3) is 11.8 Å². The van der Waals surface area contributed by atoms with Crippen molar-refractivity contribution in [3.63, 3.8) is 0 Å². The molecule has 3 aromatic carbocycles. The summed E-state index contributed by atoms with van der Waals surface area (Å²) in [7, 11) is 1.21. The molecule has 0 unspecified atom stereocenters. The first-order valence-electron chi connectivity index (χ1n) is 20.9. The lowest BCUT2D eigenvalue weighted by Crippen LogP contribution is -2.54. The predicted octanol–water partition coefficient (Wildman–Crippen LogP) is 4.69. The van der Waals surface area contributed by atoms with Crippen LogP contribution in [0.5, 0.6) is 5.75 Å². The topological polar surface area (TPSA) is 247 Å². The predicted molar refractivity (Wildman–Crippen MR) is 235 cm³/mol. The van der Waals surface area contributed by atoms with E-state index >= 15 is 0 Å². The second-order valence-electron chi connectivity index (χ2n) is 15.3. The normalized spacial score (nSPS) is 13.0. The maximum Gasteiger partial charge on any atom is 0.419 e. The molecule has 2 heterocycles. The van der Waals surface area contributed by atoms with Gasteiger partial charge in [-0.2, -0.15) is 0 Å². The van der Waals surface area contributed by atoms with Crippen molar-refractivity contribution in [1.29, 1.82) is 0 Å². The number of hydrogen-bond donors (Lipinski definition) is 5. The minimum atomic E-state index is -1.07. The van der Waals surface area contributed by atoms with Crippen molar-refractivity contribution in [1.82, 2.24) is 25.4 Å². The molecule has 0 saturated heterocycles. The average molecular weight is 880 g/mol. The first-order chi connectivity index (χ1) is 30.7. The molecule has 1 aliphatic rings. The largest absolute Gasteiger partial charge is 0.489 e. The second-order valence-corrected chi connectivity index (χ2v) is 15.3. The van der Waals surface area contributed by atoms with E-state index in [2.05, 4.69) is 21.3 Å². The summed E-state index contributed by atoms with van der Waals surface area (Å²) in [6, 6.07) is 19.8. The van der Waals surface area contributed by atoms with Crippen molar-refractivity contribution in [3.8, 4) is 5.75 Å². The molecule has 0 saturated carbocycles. The number of benzene rings is 3. The van der Waals surface area contributed by atoms with Gasteiger partial charge in [0, 0.05) is 48.8 Å². The number of nitrogens with zero attached hydrogens (tertiary/aromatic N) is 2. The molecule has 0 spiro atoms. The van der Waals surface area contributed by atoms with Gasteiger partial charge in [-0.15, -0.1) is 0 Å². The number of amides is 7. The Bertz CT molecular complexity index is 2340. The molecule has 64 heavy (non-hydrogen) atoms. The molecular weight excluding hydrogens is 827 g/mol. The third kappa shape index (κ3) is 13.5. The molecule has 1 aliphatic heterocycles. The molecule has 6 N–H and O–H groups in total. The van der Waals surface area contributed by atoms with Gasteiger partial charge >= 0.3 is 18.1 Å². The molecule has 18 nitrogen and oxygen atoms in total. The third-order valence-electron chi connectivity index (χ3n) is 10.2. The number of rotatable bonds is 22. The Balaban J connectivity index is 1.18. The van der Waals surface area contributed by atoms with E-state index in [0.29, 0.717) is 47.2 Å². The number of urea groups is 1. The fraction of sp³-hybridized carbons (Fsp3) is 0.348. The lowest BCUT2D eigenvalue weighted by Gasteiger charge is -2.25. The Morgan fingerprint density at radius 3 is 2.14 bits per heavy atom. The third-order valence-corrected chi connectivity index (χ3v) is 10.2. The molecular formula is C46H53N7O11. The lowest BCUT2D eigenvalue weighted by molar-refractivity contribution is -0.137. The van der Waals surface area contributed by atoms with Crippen LogP contribution in [0.2, 0.25) is 0 Å². The van der Waals surface area contributed by atoms with E-state index in [1.54, 1.807) is 56.3 Å². The molecule has 0 radical (unpaired) electrons. The molecule has 0 bridgehead atoms. The van der Waals surface area contributed by atoms with E-state index in [9.17, 15) is 38.4 Å². The van der Waals surface area contributed by atoms with Gasteiger partial charge in [0.15, 0.2) is 0 Å². The molecule has 1 aromatic heterocycles. The van der Waals surface area contributed by atoms with Crippen LogP contribution in [-0.4, -0.2) is 89.4 Å². The van der Waals surface area contributed by atoms with Gasteiger partial charge in [0.05, 0.1) is 12.6 Å². The lowest BCUT2D eigenvalue weighted by atomic mass is 10.0. The van der Waals surface area contributed by atoms with E-state index in [0.717, 1.165) is 15.0 Å². The van der Waals surface area contributed by atoms with Gasteiger partial charge in [0.2, 0.25) is 17.7 Å². The first kappa shape index (κ1) is 47.5. The molecule has 2 atom stereocenters. The number of primary amides is 1. The van der Waals surface area contributed by atoms with Gasteiger partial charge in [-0.05, 0) is 73.1 Å². The highest BCUT2D eigenvalue weighted by molar-refractivity contribution is 6.12. The average Bonchev–Trinajstić information content (AvgIpc) is 3.82. The van der Waals surface area contributed by atoms with Crippen LogP contribution in [0.4, 0.5) is 15.3 Å². The van der Waals surface area contributed by atoms with Crippen LogP contribution in [0, 0.1) is 5.92 Å². The number of aromatic nitrogens is 1. The Morgan fingerprint density at radius 1 is 0.766 bits per heavy atom. The summed E-state index contributed by atoms with van der Waals surface area (Å²) in [5, 5.41) is 11.3. The minimum Gasteiger partial charge on any atom is -0.489 e. The summed E-state index contributed by atoms with van der Waals surface area (Å²) in [6.45, 7) is 4.01. The highest BCUT2D eigenvalue weighted by Gasteiger charge is 2.29. The highest BCUT2D eigenvalue weighted by Crippen LogP contribution is 2.27. The fourth-order valence-corrected chi connectivity index (χ4v) is 6.80. The smallest absolute Gasteiger partial charge is 0.419 e. The van der Waals surface area contributed by atoms with Gasteiger partial charge in [-0.25, -0.2) is 19.0 Å². The molecule has 5 rings (SSSR count). The quantitative estimate of drug-likeness (QED) is 0.0412. The van der Waals surface area contributed by atoms with E-state index < -0.39 is 42.0 Å². The van der Waals surface area contributed by atoms with Crippen molar-refractivity contribution < 1.29 is 52.6 Å². The van der Waals surface area contributed by atoms with Crippen molar-refractivity contribution in [2.75, 3.05) is 25.5 Å². The van der Waals surface area contributed by atoms with E-state index in [1.165, 1.54) is 25.3 Å². The Morgan fingerprint density at radius 2 is 1.47 bits per heavy atom. The second kappa shape index (κ2) is 23.1. The summed E-state index contributed by atoms with van der Waals surface area (Å²) in [5.41, 5.74) is 7.41. The Labute approximate surface area is 369 Å². The molecule has 0 fully saturated rings. The van der Waals surface area contributed by atoms with Crippen LogP contribution in [0.1, 0.15) is 74.0 Å². The molecule has 0 aliphatic carbocycles. The van der Waals surface area contributed by atoms with Crippen LogP contribution in [0.25, 0.3) is 10.9 Å². The van der Waals surface area contributed by atoms with Gasteiger partial charge < -0.3 is 41.2 Å². The number of fused-ring (bicyclic) bond motifs is 1. The Hall–Kier alpha value is -7.50. The molecule has 4 aromatic rings. The number of ether oxygens (including phenoxy) is 3. The number of esters is 1. The SMILES string of the molecule is COC(=O)c1cc2ccc(OCc3ccccc3)cc2n1C(=O)OCc1ccc(NC(=O)[C@H](CCCNC(N)=O)NC(=O)[C@@H](NC(=O)CCCCCN2C(=O)C=CC2=O)C(C)C)cc1. The van der Waals surface area contributed by atoms with E-state index in [4.69, 9.17) is 19.9 Å². The van der Waals surface area contributed by atoms with E-state index in [1.807, 2.05) is 30.3 Å². The fourth-order valence-electron chi connectivity index (χ4n) is 6.80. The first-order valence-corrected chi connectivity index (χ1v) is 20.9. The highest BCUT2D eigenvalue weighted by atomic mass is 16.6. The van der Waals surface area contributed by atoms with Gasteiger partial charge in [0.1, 0.15) is 36.7 Å². The van der Waals surface area contributed by atoms with Crippen molar-refractivity contribution in [2.24, 2.45) is 11.7 Å². The van der Waals surface area contributed by atoms with Crippen LogP contribution in [0.15, 0.2) is 91.0 Å². The number of nitrogens with one attached hydrogen (secondary N) is 4. The zero-order valence-corrected chi connectivity index (χ0v) is 35.9. The summed E-state index contributed by atoms with van der Waals surface area (Å²) < 4.78 is 17.6. The number of methoxy groups -OCH3 is 1. The summed E-state index contributed by atoms with van der Waals surface area (Å²) in [5.74, 6) is -2.84. The maximum atomic E-state index is 13.6. The summed E-state index contributed by atoms with van der Waals surface area (Å²) >= 11 is 0. The zero-order chi connectivity index (χ0) is 46.2. The standard InChI is InChI=1S/C46H53N7O11/c1-29(2)41(51-38(54)14-8-5-9-24-52-39(55)21-22-40(52)56)43(58)50-35(13-10-23-48-45(47)60)42(57)49-33-18-15-31(16-19-33)28-64-46(61)53-36-26-34(63-27-30-11-6-4-7-12-30)20-17-32(36)25-37(53)44(59)62-3/h4,6-7,11-12,15-22,25-26,29,35,41H,5,8-10,13-14,23-24,27-28H2,1-3H3,(H,49,57)(H,50,58)(H,51,54)(H3,47,48,60)/t35-,41-/m0/s1. The van der Waals surface area contributed by atoms with Crippen molar-refractivity contribution in [2.45, 2.75) is 77.7 Å². The number of carbonyl (C=O) groups excluding carboxylic acids is 8. The number of hydrogen-bond acceptors (Lipinski definition) is 11. The summed E-state index contributed by atoms with van der Waals surface area (Å²) in [6.07, 6.45) is 3.68. The number of anilines is 1. The number of imide groups is 1. The number of carbonyl (C=O) groups is 8. The maximum absolute atomic E-state index is 13.6. The molecule has 18 heteroatoms. The van der Waals surface area contributed by atoms with Gasteiger partial charge in [-0.3, -0.25) is 28.9 Å². The summed E-state index contributed by atoms with van der Waals surface area (Å²) in [4.78, 5) is 102. The molecule has 7 amide bonds. The van der Waals surface area contributed by atoms with Crippen LogP contribution >= 0.6 is 0 Å². The minimum absolute atomic E-state index is 0.0345.